The van der Waals surface area contributed by atoms with Crippen molar-refractivity contribution in [3.05, 3.63) is 29.8 Å². The molecule has 0 saturated heterocycles. The molecule has 2 amide bonds. The smallest absolute Gasteiger partial charge is 0.407 e. The van der Waals surface area contributed by atoms with E-state index in [1.54, 1.807) is 0 Å². The molecule has 0 radical (unpaired) electrons. The molecule has 6 heteroatoms. The molecule has 0 heterocycles. The Labute approximate surface area is 119 Å². The van der Waals surface area contributed by atoms with Gasteiger partial charge in [-0.2, -0.15) is 0 Å². The third-order valence-corrected chi connectivity index (χ3v) is 2.28. The van der Waals surface area contributed by atoms with Gasteiger partial charge in [-0.1, -0.05) is 26.0 Å². The van der Waals surface area contributed by atoms with Crippen LogP contribution in [0.4, 0.5) is 10.5 Å². The lowest BCUT2D eigenvalue weighted by molar-refractivity contribution is -0.119. The highest BCUT2D eigenvalue weighted by Gasteiger charge is 2.04. The first-order valence-corrected chi connectivity index (χ1v) is 6.53. The van der Waals surface area contributed by atoms with Crippen molar-refractivity contribution in [3.8, 4) is 0 Å². The molecule has 0 aromatic heterocycles. The van der Waals surface area contributed by atoms with Crippen LogP contribution < -0.4 is 16.0 Å². The number of rotatable bonds is 5. The Morgan fingerprint density at radius 1 is 1.10 bits per heavy atom. The largest absolute Gasteiger partial charge is 0.445 e. The zero-order valence-electron chi connectivity index (χ0n) is 12.4. The van der Waals surface area contributed by atoms with Gasteiger partial charge in [-0.3, -0.25) is 4.79 Å². The van der Waals surface area contributed by atoms with Crippen LogP contribution in [0.1, 0.15) is 19.4 Å². The zero-order chi connectivity index (χ0) is 15.4. The van der Waals surface area contributed by atoms with Gasteiger partial charge in [0.2, 0.25) is 5.91 Å². The molecule has 1 aromatic carbocycles. The van der Waals surface area contributed by atoms with Crippen molar-refractivity contribution in [3.63, 3.8) is 0 Å². The Bertz CT molecular complexity index is 405. The van der Waals surface area contributed by atoms with Crippen molar-refractivity contribution in [1.82, 2.24) is 10.6 Å². The summed E-state index contributed by atoms with van der Waals surface area (Å²) in [5.41, 5.74) is 1.87. The monoisotopic (exact) mass is 281 g/mol. The summed E-state index contributed by atoms with van der Waals surface area (Å²) in [6.07, 6.45) is -0.615. The van der Waals surface area contributed by atoms with Gasteiger partial charge in [-0.15, -0.1) is 0 Å². The standard InChI is InChI=1S/C12H17N3O3.C2H6/c1-13-10-5-3-9(4-6-10)8-18-12(17)15-7-11(16)14-2;1-2/h3-6,13H,7-8H2,1-2H3,(H,14,16)(H,15,17);1-2H3. The highest BCUT2D eigenvalue weighted by Crippen LogP contribution is 2.09. The van der Waals surface area contributed by atoms with E-state index < -0.39 is 6.09 Å². The zero-order valence-corrected chi connectivity index (χ0v) is 12.4. The van der Waals surface area contributed by atoms with E-state index in [-0.39, 0.29) is 19.1 Å². The minimum absolute atomic E-state index is 0.0893. The van der Waals surface area contributed by atoms with Gasteiger partial charge in [0.25, 0.3) is 0 Å². The SMILES string of the molecule is CC.CNC(=O)CNC(=O)OCc1ccc(NC)cc1. The first-order valence-electron chi connectivity index (χ1n) is 6.53. The topological polar surface area (TPSA) is 79.5 Å². The Hall–Kier alpha value is -2.24. The molecule has 0 aliphatic heterocycles. The van der Waals surface area contributed by atoms with Crippen molar-refractivity contribution >= 4 is 17.7 Å². The average molecular weight is 281 g/mol. The Balaban J connectivity index is 0.00000172. The molecule has 0 bridgehead atoms. The van der Waals surface area contributed by atoms with Gasteiger partial charge in [0.05, 0.1) is 6.54 Å². The molecule has 3 N–H and O–H groups in total. The summed E-state index contributed by atoms with van der Waals surface area (Å²) in [4.78, 5) is 22.1. The van der Waals surface area contributed by atoms with E-state index in [0.29, 0.717) is 0 Å². The second-order valence-electron chi connectivity index (χ2n) is 3.55. The molecule has 0 fully saturated rings. The second kappa shape index (κ2) is 10.7. The van der Waals surface area contributed by atoms with E-state index in [2.05, 4.69) is 16.0 Å². The second-order valence-corrected chi connectivity index (χ2v) is 3.55. The van der Waals surface area contributed by atoms with Crippen molar-refractivity contribution in [2.75, 3.05) is 26.0 Å². The van der Waals surface area contributed by atoms with Crippen LogP contribution in [0.3, 0.4) is 0 Å². The first-order chi connectivity index (χ1) is 9.65. The molecular weight excluding hydrogens is 258 g/mol. The summed E-state index contributed by atoms with van der Waals surface area (Å²) in [6, 6.07) is 7.50. The molecule has 1 aromatic rings. The van der Waals surface area contributed by atoms with Crippen molar-refractivity contribution < 1.29 is 14.3 Å². The van der Waals surface area contributed by atoms with Crippen LogP contribution in [0.2, 0.25) is 0 Å². The number of likely N-dealkylation sites (N-methyl/N-ethyl adjacent to an activating group) is 1. The van der Waals surface area contributed by atoms with E-state index in [1.807, 2.05) is 45.2 Å². The first kappa shape index (κ1) is 17.8. The number of hydrogen-bond acceptors (Lipinski definition) is 4. The maximum atomic E-state index is 11.2. The van der Waals surface area contributed by atoms with Crippen LogP contribution in [0, 0.1) is 0 Å². The molecule has 20 heavy (non-hydrogen) atoms. The molecule has 0 unspecified atom stereocenters. The maximum Gasteiger partial charge on any atom is 0.407 e. The summed E-state index contributed by atoms with van der Waals surface area (Å²) >= 11 is 0. The Morgan fingerprint density at radius 2 is 1.70 bits per heavy atom. The molecular formula is C14H23N3O3. The van der Waals surface area contributed by atoms with E-state index in [9.17, 15) is 9.59 Å². The predicted octanol–water partition coefficient (Wildman–Crippen LogP) is 1.73. The number of amides is 2. The molecule has 0 aliphatic carbocycles. The number of anilines is 1. The quantitative estimate of drug-likeness (QED) is 0.768. The molecule has 0 spiro atoms. The van der Waals surface area contributed by atoms with Crippen LogP contribution >= 0.6 is 0 Å². The predicted molar refractivity (Wildman–Crippen MR) is 79.6 cm³/mol. The minimum Gasteiger partial charge on any atom is -0.445 e. The van der Waals surface area contributed by atoms with Crippen molar-refractivity contribution in [2.24, 2.45) is 0 Å². The van der Waals surface area contributed by atoms with Gasteiger partial charge in [0.1, 0.15) is 6.61 Å². The van der Waals surface area contributed by atoms with Gasteiger partial charge in [0.15, 0.2) is 0 Å². The van der Waals surface area contributed by atoms with Crippen LogP contribution in [-0.2, 0) is 16.1 Å². The summed E-state index contributed by atoms with van der Waals surface area (Å²) in [5, 5.41) is 7.72. The molecule has 6 nitrogen and oxygen atoms in total. The minimum atomic E-state index is -0.615. The van der Waals surface area contributed by atoms with Gasteiger partial charge in [-0.25, -0.2) is 4.79 Å². The van der Waals surface area contributed by atoms with E-state index in [0.717, 1.165) is 11.3 Å². The van der Waals surface area contributed by atoms with Crippen molar-refractivity contribution in [2.45, 2.75) is 20.5 Å². The Kier molecular flexibility index (Phi) is 9.47. The lowest BCUT2D eigenvalue weighted by Gasteiger charge is -2.07. The lowest BCUT2D eigenvalue weighted by atomic mass is 10.2. The fourth-order valence-corrected chi connectivity index (χ4v) is 1.21. The molecule has 0 aliphatic rings. The number of carbonyl (C=O) groups is 2. The Morgan fingerprint density at radius 3 is 2.20 bits per heavy atom. The fraction of sp³-hybridized carbons (Fsp3) is 0.429. The summed E-state index contributed by atoms with van der Waals surface area (Å²) in [5.74, 6) is -0.273. The molecule has 1 rings (SSSR count). The normalized spacial score (nSPS) is 8.80. The molecule has 0 saturated carbocycles. The summed E-state index contributed by atoms with van der Waals surface area (Å²) in [7, 11) is 3.33. The van der Waals surface area contributed by atoms with E-state index in [4.69, 9.17) is 4.74 Å². The fourth-order valence-electron chi connectivity index (χ4n) is 1.21. The van der Waals surface area contributed by atoms with Crippen LogP contribution in [0.15, 0.2) is 24.3 Å². The van der Waals surface area contributed by atoms with E-state index >= 15 is 0 Å². The number of carbonyl (C=O) groups excluding carboxylic acids is 2. The van der Waals surface area contributed by atoms with Gasteiger partial charge in [0, 0.05) is 19.8 Å². The van der Waals surface area contributed by atoms with Crippen LogP contribution in [0.25, 0.3) is 0 Å². The molecule has 0 atom stereocenters. The third-order valence-electron chi connectivity index (χ3n) is 2.28. The highest BCUT2D eigenvalue weighted by molar-refractivity contribution is 5.81. The van der Waals surface area contributed by atoms with Gasteiger partial charge < -0.3 is 20.7 Å². The third kappa shape index (κ3) is 7.25. The van der Waals surface area contributed by atoms with Crippen LogP contribution in [0.5, 0.6) is 0 Å². The number of benzene rings is 1. The van der Waals surface area contributed by atoms with Gasteiger partial charge >= 0.3 is 6.09 Å². The average Bonchev–Trinajstić information content (AvgIpc) is 2.52. The summed E-state index contributed by atoms with van der Waals surface area (Å²) < 4.78 is 4.95. The van der Waals surface area contributed by atoms with Crippen LogP contribution in [-0.4, -0.2) is 32.6 Å². The lowest BCUT2D eigenvalue weighted by Crippen LogP contribution is -2.35. The summed E-state index contributed by atoms with van der Waals surface area (Å²) in [6.45, 7) is 4.08. The van der Waals surface area contributed by atoms with E-state index in [1.165, 1.54) is 7.05 Å². The highest BCUT2D eigenvalue weighted by atomic mass is 16.5. The number of nitrogens with one attached hydrogen (secondary N) is 3. The number of hydrogen-bond donors (Lipinski definition) is 3. The number of alkyl carbamates (subject to hydrolysis) is 1. The van der Waals surface area contributed by atoms with Gasteiger partial charge in [-0.05, 0) is 17.7 Å². The molecule has 112 valence electrons. The maximum absolute atomic E-state index is 11.2. The number of ether oxygens (including phenoxy) is 1. The van der Waals surface area contributed by atoms with Crippen molar-refractivity contribution in [1.29, 1.82) is 0 Å².